The van der Waals surface area contributed by atoms with Crippen LogP contribution in [0.5, 0.6) is 11.5 Å². The summed E-state index contributed by atoms with van der Waals surface area (Å²) in [4.78, 5) is 23.8. The van der Waals surface area contributed by atoms with Crippen LogP contribution in [0, 0.1) is 0 Å². The molecule has 1 aliphatic rings. The predicted octanol–water partition coefficient (Wildman–Crippen LogP) is 4.23. The van der Waals surface area contributed by atoms with Crippen molar-refractivity contribution in [2.75, 3.05) is 7.11 Å². The van der Waals surface area contributed by atoms with Crippen molar-refractivity contribution in [1.29, 1.82) is 0 Å². The fourth-order valence-electron chi connectivity index (χ4n) is 4.41. The summed E-state index contributed by atoms with van der Waals surface area (Å²) in [7, 11) is 1.64. The topological polar surface area (TPSA) is 106 Å². The lowest BCUT2D eigenvalue weighted by atomic mass is 9.87. The Morgan fingerprint density at radius 3 is 2.19 bits per heavy atom. The molecule has 0 aromatic heterocycles. The molecule has 2 aromatic carbocycles. The number of nitrogens with one attached hydrogen (secondary N) is 2. The summed E-state index contributed by atoms with van der Waals surface area (Å²) in [6, 6.07) is 14.8. The monoisotopic (exact) mass is 510 g/mol. The lowest BCUT2D eigenvalue weighted by Gasteiger charge is -2.38. The lowest BCUT2D eigenvalue weighted by Crippen LogP contribution is -2.58. The van der Waals surface area contributed by atoms with E-state index in [1.165, 1.54) is 6.92 Å². The van der Waals surface area contributed by atoms with Crippen molar-refractivity contribution in [3.8, 4) is 11.5 Å². The molecule has 0 aliphatic heterocycles. The maximum Gasteiger partial charge on any atom is 0.331 e. The van der Waals surface area contributed by atoms with Gasteiger partial charge in [-0.3, -0.25) is 4.79 Å². The Kier molecular flexibility index (Phi) is 10.5. The van der Waals surface area contributed by atoms with Crippen molar-refractivity contribution >= 4 is 11.9 Å². The van der Waals surface area contributed by atoms with Crippen LogP contribution in [0.1, 0.15) is 51.2 Å². The van der Waals surface area contributed by atoms with Gasteiger partial charge >= 0.3 is 5.97 Å². The van der Waals surface area contributed by atoms with Crippen LogP contribution in [-0.4, -0.2) is 48.4 Å². The van der Waals surface area contributed by atoms with Gasteiger partial charge in [0.2, 0.25) is 5.91 Å². The van der Waals surface area contributed by atoms with Gasteiger partial charge in [-0.05, 0) is 60.7 Å². The molecule has 3 rings (SSSR count). The summed E-state index contributed by atoms with van der Waals surface area (Å²) in [6.45, 7) is 6.49. The molecule has 1 aliphatic carbocycles. The quantitative estimate of drug-likeness (QED) is 0.370. The number of benzene rings is 2. The third-order valence-corrected chi connectivity index (χ3v) is 6.55. The number of hydrogen-bond acceptors (Lipinski definition) is 6. The molecule has 37 heavy (non-hydrogen) atoms. The summed E-state index contributed by atoms with van der Waals surface area (Å²) >= 11 is 0. The van der Waals surface area contributed by atoms with Crippen molar-refractivity contribution < 1.29 is 28.9 Å². The van der Waals surface area contributed by atoms with Gasteiger partial charge in [0.1, 0.15) is 18.1 Å². The van der Waals surface area contributed by atoms with Crippen LogP contribution in [0.15, 0.2) is 60.2 Å². The van der Waals surface area contributed by atoms with Gasteiger partial charge in [-0.25, -0.2) is 4.79 Å². The second-order valence-corrected chi connectivity index (χ2v) is 9.23. The number of rotatable bonds is 13. The van der Waals surface area contributed by atoms with E-state index >= 15 is 0 Å². The summed E-state index contributed by atoms with van der Waals surface area (Å²) in [5.41, 5.74) is 2.35. The molecule has 0 saturated heterocycles. The highest BCUT2D eigenvalue weighted by Crippen LogP contribution is 2.25. The maximum atomic E-state index is 12.0. The largest absolute Gasteiger partial charge is 0.497 e. The van der Waals surface area contributed by atoms with Gasteiger partial charge < -0.3 is 30.0 Å². The average molecular weight is 511 g/mol. The number of amides is 1. The first kappa shape index (κ1) is 28.2. The van der Waals surface area contributed by atoms with Crippen LogP contribution in [0.2, 0.25) is 0 Å². The number of hydrogen-bond donors (Lipinski definition) is 3. The Bertz CT molecular complexity index is 1050. The average Bonchev–Trinajstić information content (AvgIpc) is 2.90. The Morgan fingerprint density at radius 2 is 1.62 bits per heavy atom. The standard InChI is InChI=1S/C29H38N2O6/c1-5-23(6-2)37-27-16-22(29(33)34)15-26(28(27)31-19(3)32)30-17-20-7-13-25(14-8-20)36-18-21-9-11-24(35-4)12-10-21/h7-14,16,23,26-28,30H,5-6,15,17-18H2,1-4H3,(H,31,32)(H,33,34)/t26-,27+,28+/m0/s1. The molecule has 3 N–H and O–H groups in total. The smallest absolute Gasteiger partial charge is 0.331 e. The number of carboxylic acid groups (broad SMARTS) is 1. The van der Waals surface area contributed by atoms with E-state index in [1.54, 1.807) is 13.2 Å². The van der Waals surface area contributed by atoms with Gasteiger partial charge in [-0.15, -0.1) is 0 Å². The maximum absolute atomic E-state index is 12.0. The fraction of sp³-hybridized carbons (Fsp3) is 0.448. The van der Waals surface area contributed by atoms with E-state index in [1.807, 2.05) is 62.4 Å². The number of methoxy groups -OCH3 is 1. The highest BCUT2D eigenvalue weighted by molar-refractivity contribution is 5.87. The van der Waals surface area contributed by atoms with Crippen molar-refractivity contribution in [3.63, 3.8) is 0 Å². The number of carbonyl (C=O) groups excluding carboxylic acids is 1. The zero-order valence-electron chi connectivity index (χ0n) is 22.0. The molecule has 0 radical (unpaired) electrons. The first-order chi connectivity index (χ1) is 17.8. The second-order valence-electron chi connectivity index (χ2n) is 9.23. The molecule has 0 heterocycles. The first-order valence-corrected chi connectivity index (χ1v) is 12.8. The van der Waals surface area contributed by atoms with Crippen molar-refractivity contribution in [2.24, 2.45) is 0 Å². The molecule has 2 aromatic rings. The van der Waals surface area contributed by atoms with Crippen molar-refractivity contribution in [2.45, 2.75) is 77.5 Å². The molecule has 0 spiro atoms. The molecular weight excluding hydrogens is 472 g/mol. The van der Waals surface area contributed by atoms with E-state index in [-0.39, 0.29) is 36.1 Å². The molecule has 8 nitrogen and oxygen atoms in total. The molecular formula is C29H38N2O6. The van der Waals surface area contributed by atoms with Gasteiger partial charge in [-0.2, -0.15) is 0 Å². The Balaban J connectivity index is 1.65. The highest BCUT2D eigenvalue weighted by atomic mass is 16.5. The van der Waals surface area contributed by atoms with Crippen LogP contribution in [0.4, 0.5) is 0 Å². The van der Waals surface area contributed by atoms with Crippen molar-refractivity contribution in [1.82, 2.24) is 10.6 Å². The first-order valence-electron chi connectivity index (χ1n) is 12.8. The molecule has 8 heteroatoms. The van der Waals surface area contributed by atoms with Gasteiger partial charge in [0.05, 0.1) is 25.4 Å². The Hall–Kier alpha value is -3.36. The van der Waals surface area contributed by atoms with Crippen molar-refractivity contribution in [3.05, 3.63) is 71.3 Å². The summed E-state index contributed by atoms with van der Waals surface area (Å²) in [5.74, 6) is 0.409. The van der Waals surface area contributed by atoms with Crippen LogP contribution < -0.4 is 20.1 Å². The molecule has 0 fully saturated rings. The zero-order valence-corrected chi connectivity index (χ0v) is 22.0. The van der Waals surface area contributed by atoms with Gasteiger partial charge in [0.25, 0.3) is 0 Å². The third kappa shape index (κ3) is 8.33. The predicted molar refractivity (Wildman–Crippen MR) is 142 cm³/mol. The zero-order chi connectivity index (χ0) is 26.8. The number of ether oxygens (including phenoxy) is 3. The number of aliphatic carboxylic acids is 1. The molecule has 0 saturated carbocycles. The normalized spacial score (nSPS) is 19.3. The highest BCUT2D eigenvalue weighted by Gasteiger charge is 2.37. The van der Waals surface area contributed by atoms with Gasteiger partial charge in [-0.1, -0.05) is 38.1 Å². The Labute approximate surface area is 219 Å². The van der Waals surface area contributed by atoms with E-state index in [0.29, 0.717) is 13.2 Å². The number of carbonyl (C=O) groups is 2. The van der Waals surface area contributed by atoms with Gasteiger partial charge in [0.15, 0.2) is 0 Å². The lowest BCUT2D eigenvalue weighted by molar-refractivity contribution is -0.133. The molecule has 1 amide bonds. The minimum atomic E-state index is -0.968. The summed E-state index contributed by atoms with van der Waals surface area (Å²) in [6.07, 6.45) is 3.00. The van der Waals surface area contributed by atoms with E-state index in [0.717, 1.165) is 35.5 Å². The molecule has 3 atom stereocenters. The van der Waals surface area contributed by atoms with Gasteiger partial charge in [0, 0.05) is 25.1 Å². The minimum Gasteiger partial charge on any atom is -0.497 e. The van der Waals surface area contributed by atoms with E-state index < -0.39 is 12.1 Å². The Morgan fingerprint density at radius 1 is 1.00 bits per heavy atom. The van der Waals surface area contributed by atoms with E-state index in [2.05, 4.69) is 10.6 Å². The number of carboxylic acids is 1. The van der Waals surface area contributed by atoms with E-state index in [9.17, 15) is 14.7 Å². The van der Waals surface area contributed by atoms with Crippen LogP contribution in [0.25, 0.3) is 0 Å². The molecule has 0 bridgehead atoms. The second kappa shape index (κ2) is 13.8. The minimum absolute atomic E-state index is 0.0169. The van der Waals surface area contributed by atoms with Crippen LogP contribution in [-0.2, 0) is 27.5 Å². The summed E-state index contributed by atoms with van der Waals surface area (Å²) < 4.78 is 17.3. The van der Waals surface area contributed by atoms with Crippen LogP contribution in [0.3, 0.4) is 0 Å². The summed E-state index contributed by atoms with van der Waals surface area (Å²) in [5, 5.41) is 16.1. The third-order valence-electron chi connectivity index (χ3n) is 6.55. The SMILES string of the molecule is CCC(CC)O[C@@H]1C=C(C(=O)O)C[C@H](NCc2ccc(OCc3ccc(OC)cc3)cc2)[C@H]1NC(C)=O. The molecule has 0 unspecified atom stereocenters. The van der Waals surface area contributed by atoms with Crippen LogP contribution >= 0.6 is 0 Å². The molecule has 200 valence electrons. The van der Waals surface area contributed by atoms with E-state index in [4.69, 9.17) is 14.2 Å². The fourth-order valence-corrected chi connectivity index (χ4v) is 4.41.